The number of unbranched alkanes of at least 4 members (excludes halogenated alkanes) is 6. The van der Waals surface area contributed by atoms with Crippen LogP contribution in [0.4, 0.5) is 17.1 Å². The van der Waals surface area contributed by atoms with Gasteiger partial charge >= 0.3 is 17.9 Å². The second-order valence-corrected chi connectivity index (χ2v) is 30.1. The van der Waals surface area contributed by atoms with Gasteiger partial charge < -0.3 is 44.2 Å². The maximum Gasteiger partial charge on any atom is 0.348 e. The maximum atomic E-state index is 12.6. The lowest BCUT2D eigenvalue weighted by molar-refractivity contribution is -0.118. The van der Waals surface area contributed by atoms with Crippen molar-refractivity contribution in [3.05, 3.63) is 155 Å². The average molecular weight is 1410 g/mol. The Morgan fingerprint density at radius 2 is 0.636 bits per heavy atom. The fourth-order valence-corrected chi connectivity index (χ4v) is 16.0. The van der Waals surface area contributed by atoms with Gasteiger partial charge in [-0.25, -0.2) is 14.4 Å². The number of thiophene rings is 3. The van der Waals surface area contributed by atoms with Crippen LogP contribution in [-0.2, 0) is 47.9 Å². The topological polar surface area (TPSA) is 201 Å². The minimum Gasteiger partial charge on any atom is -0.462 e. The van der Waals surface area contributed by atoms with E-state index >= 15 is 0 Å². The number of aliphatic hydroxyl groups is 3. The highest BCUT2D eigenvalue weighted by atomic mass is 32.1. The Morgan fingerprint density at radius 3 is 0.879 bits per heavy atom. The van der Waals surface area contributed by atoms with E-state index in [1.807, 2.05) is 145 Å². The van der Waals surface area contributed by atoms with Gasteiger partial charge in [-0.3, -0.25) is 14.4 Å². The lowest BCUT2D eigenvalue weighted by Gasteiger charge is -2.25. The summed E-state index contributed by atoms with van der Waals surface area (Å²) in [5.41, 5.74) is 5.52. The van der Waals surface area contributed by atoms with Gasteiger partial charge in [0, 0.05) is 69.1 Å². The molecule has 0 radical (unpaired) electrons. The smallest absolute Gasteiger partial charge is 0.348 e. The third kappa shape index (κ3) is 25.2. The number of benzene rings is 3. The Kier molecular flexibility index (Phi) is 34.9. The summed E-state index contributed by atoms with van der Waals surface area (Å²) in [5, 5.41) is 31.2. The van der Waals surface area contributed by atoms with E-state index in [-0.39, 0.29) is 53.8 Å². The summed E-state index contributed by atoms with van der Waals surface area (Å²) in [7, 11) is 0. The molecule has 6 atom stereocenters. The van der Waals surface area contributed by atoms with Gasteiger partial charge in [-0.2, -0.15) is 0 Å². The largest absolute Gasteiger partial charge is 0.462 e. The fraction of sp³-hybridized carbons (Fsp3) is 0.556. The van der Waals surface area contributed by atoms with Crippen LogP contribution in [0.1, 0.15) is 294 Å². The number of carbonyl (C=O) groups is 6. The van der Waals surface area contributed by atoms with Gasteiger partial charge in [-0.15, -0.1) is 34.0 Å². The molecule has 540 valence electrons. The lowest BCUT2D eigenvalue weighted by atomic mass is 10.0. The minimum absolute atomic E-state index is 0.174. The third-order valence-corrected chi connectivity index (χ3v) is 22.0. The zero-order valence-electron chi connectivity index (χ0n) is 59.8. The van der Waals surface area contributed by atoms with Crippen LogP contribution in [0.5, 0.6) is 0 Å². The summed E-state index contributed by atoms with van der Waals surface area (Å²) in [6, 6.07) is 35.8. The van der Waals surface area contributed by atoms with Crippen LogP contribution in [0.25, 0.3) is 0 Å². The van der Waals surface area contributed by atoms with Crippen LogP contribution in [-0.4, -0.2) is 88.9 Å². The first-order valence-electron chi connectivity index (χ1n) is 37.2. The number of aryl methyl sites for hydroxylation is 3. The predicted octanol–water partition coefficient (Wildman–Crippen LogP) is 19.3. The molecule has 0 aliphatic carbocycles. The molecule has 99 heavy (non-hydrogen) atoms. The van der Waals surface area contributed by atoms with Crippen LogP contribution < -0.4 is 14.7 Å². The molecule has 18 heteroatoms. The number of ether oxygens (including phenoxy) is 3. The number of hydrogen-bond acceptors (Lipinski definition) is 15. The Labute approximate surface area is 601 Å². The van der Waals surface area contributed by atoms with E-state index in [4.69, 9.17) is 14.2 Å². The Balaban J connectivity index is 0.000000209. The van der Waals surface area contributed by atoms with Crippen molar-refractivity contribution < 1.29 is 58.3 Å². The standard InChI is InChI=1S/3C27H37NO4S/c3*1-3-5-6-10-24(29)20-11-13-22(14-12-20)28-21(15-18-26(28)30)8-7-9-23-16-17-25(33-23)27(31)32-19-4-2/h3*11-14,16-17,21,24,29H,3-10,15,18-19H2,1-2H3/t2*21-,24+;21-,24-/m101/s1. The summed E-state index contributed by atoms with van der Waals surface area (Å²) in [5.74, 6) is -0.186. The minimum atomic E-state index is -0.439. The normalized spacial score (nSPS) is 16.9. The van der Waals surface area contributed by atoms with Crippen LogP contribution in [0.3, 0.4) is 0 Å². The van der Waals surface area contributed by atoms with Gasteiger partial charge in [-0.05, 0) is 205 Å². The molecule has 3 aliphatic heterocycles. The molecule has 3 amide bonds. The van der Waals surface area contributed by atoms with Crippen LogP contribution >= 0.6 is 34.0 Å². The third-order valence-electron chi connectivity index (χ3n) is 18.7. The fourth-order valence-electron chi connectivity index (χ4n) is 13.1. The molecule has 3 aromatic heterocycles. The highest BCUT2D eigenvalue weighted by molar-refractivity contribution is 7.14. The predicted molar refractivity (Wildman–Crippen MR) is 402 cm³/mol. The Bertz CT molecular complexity index is 3030. The van der Waals surface area contributed by atoms with E-state index in [9.17, 15) is 44.1 Å². The first-order valence-corrected chi connectivity index (χ1v) is 39.6. The van der Waals surface area contributed by atoms with Crippen LogP contribution in [0, 0.1) is 0 Å². The van der Waals surface area contributed by atoms with Gasteiger partial charge in [0.2, 0.25) is 17.7 Å². The summed E-state index contributed by atoms with van der Waals surface area (Å²) in [4.78, 5) is 85.1. The van der Waals surface area contributed by atoms with Crippen molar-refractivity contribution in [1.82, 2.24) is 0 Å². The number of aliphatic hydroxyl groups excluding tert-OH is 3. The van der Waals surface area contributed by atoms with Crippen molar-refractivity contribution >= 4 is 86.7 Å². The molecule has 0 saturated carbocycles. The van der Waals surface area contributed by atoms with E-state index in [2.05, 4.69) is 20.8 Å². The number of esters is 3. The second kappa shape index (κ2) is 43.3. The molecule has 0 spiro atoms. The first-order chi connectivity index (χ1) is 48.1. The van der Waals surface area contributed by atoms with Crippen molar-refractivity contribution in [2.45, 2.75) is 271 Å². The SMILES string of the molecule is CCCCC[C@@H](O)c1ccc(N2C(=O)CC[C@@H]2CCCc2ccc(C(=O)OCCC)s2)cc1.CCCCC[C@@H](O)c1ccc(N2C(=O)CC[C@H]2CCCc2ccc(C(=O)OCCC)s2)cc1.CCCCC[C@H](O)c1ccc(N2C(=O)CC[C@H]2CCCc2ccc(C(=O)OCCC)s2)cc1. The van der Waals surface area contributed by atoms with Gasteiger partial charge in [0.15, 0.2) is 0 Å². The van der Waals surface area contributed by atoms with E-state index in [1.54, 1.807) is 0 Å². The number of nitrogens with zero attached hydrogens (tertiary/aromatic N) is 3. The number of anilines is 3. The molecule has 3 aliphatic rings. The highest BCUT2D eigenvalue weighted by Gasteiger charge is 2.35. The molecule has 15 nitrogen and oxygen atoms in total. The summed E-state index contributed by atoms with van der Waals surface area (Å²) in [6.45, 7) is 13.8. The quantitative estimate of drug-likeness (QED) is 0.0188. The monoisotopic (exact) mass is 1410 g/mol. The maximum absolute atomic E-state index is 12.6. The number of hydrogen-bond donors (Lipinski definition) is 3. The molecule has 6 heterocycles. The van der Waals surface area contributed by atoms with E-state index in [1.165, 1.54) is 48.6 Å². The van der Waals surface area contributed by atoms with Crippen molar-refractivity contribution in [2.75, 3.05) is 34.5 Å². The summed E-state index contributed by atoms with van der Waals surface area (Å²) < 4.78 is 15.6. The summed E-state index contributed by atoms with van der Waals surface area (Å²) >= 11 is 4.51. The van der Waals surface area contributed by atoms with Gasteiger partial charge in [0.1, 0.15) is 14.6 Å². The van der Waals surface area contributed by atoms with Crippen molar-refractivity contribution in [1.29, 1.82) is 0 Å². The molecule has 6 aromatic rings. The molecular weight excluding hydrogens is 1300 g/mol. The van der Waals surface area contributed by atoms with Gasteiger partial charge in [-0.1, -0.05) is 136 Å². The molecular formula is C81H111N3O12S3. The molecule has 0 bridgehead atoms. The lowest BCUT2D eigenvalue weighted by Crippen LogP contribution is -2.32. The van der Waals surface area contributed by atoms with Crippen LogP contribution in [0.15, 0.2) is 109 Å². The van der Waals surface area contributed by atoms with E-state index in [0.29, 0.717) is 53.7 Å². The van der Waals surface area contributed by atoms with E-state index < -0.39 is 18.3 Å². The molecule has 3 fully saturated rings. The molecule has 9 rings (SSSR count). The Morgan fingerprint density at radius 1 is 0.374 bits per heavy atom. The average Bonchev–Trinajstić information content (AvgIpc) is 1.76. The number of rotatable bonds is 39. The van der Waals surface area contributed by atoms with Crippen molar-refractivity contribution in [3.63, 3.8) is 0 Å². The Hall–Kier alpha value is -6.54. The number of amides is 3. The van der Waals surface area contributed by atoms with E-state index in [0.717, 1.165) is 207 Å². The van der Waals surface area contributed by atoms with Crippen molar-refractivity contribution in [3.8, 4) is 0 Å². The highest BCUT2D eigenvalue weighted by Crippen LogP contribution is 2.36. The summed E-state index contributed by atoms with van der Waals surface area (Å²) in [6.07, 6.45) is 26.1. The van der Waals surface area contributed by atoms with Crippen LogP contribution in [0.2, 0.25) is 0 Å². The molecule has 3 aromatic carbocycles. The zero-order chi connectivity index (χ0) is 70.9. The number of carbonyl (C=O) groups excluding carboxylic acids is 6. The molecule has 3 saturated heterocycles. The second-order valence-electron chi connectivity index (χ2n) is 26.6. The zero-order valence-corrected chi connectivity index (χ0v) is 62.2. The molecule has 0 unspecified atom stereocenters. The van der Waals surface area contributed by atoms with Gasteiger partial charge in [0.05, 0.1) is 38.1 Å². The molecule has 3 N–H and O–H groups in total. The van der Waals surface area contributed by atoms with Crippen molar-refractivity contribution in [2.24, 2.45) is 0 Å². The van der Waals surface area contributed by atoms with Gasteiger partial charge in [0.25, 0.3) is 0 Å². The first kappa shape index (κ1) is 79.8.